The quantitative estimate of drug-likeness (QED) is 0.263. The van der Waals surface area contributed by atoms with Crippen LogP contribution in [0.3, 0.4) is 0 Å². The number of benzene rings is 2. The average molecular weight is 460 g/mol. The maximum Gasteiger partial charge on any atom is 0.311 e. The van der Waals surface area contributed by atoms with Crippen LogP contribution in [0.1, 0.15) is 23.7 Å². The molecule has 162 valence electrons. The van der Waals surface area contributed by atoms with Gasteiger partial charge in [-0.1, -0.05) is 23.7 Å². The number of carbonyl (C=O) groups is 1. The molecule has 0 spiro atoms. The number of methoxy groups -OCH3 is 1. The van der Waals surface area contributed by atoms with Gasteiger partial charge in [-0.2, -0.15) is 5.10 Å². The number of rotatable bonds is 10. The summed E-state index contributed by atoms with van der Waals surface area (Å²) in [6.07, 6.45) is 1.80. The van der Waals surface area contributed by atoms with Crippen LogP contribution in [0.15, 0.2) is 52.9 Å². The van der Waals surface area contributed by atoms with Crippen molar-refractivity contribution in [1.29, 1.82) is 0 Å². The fourth-order valence-electron chi connectivity index (χ4n) is 2.59. The number of ether oxygens (including phenoxy) is 3. The Bertz CT molecular complexity index is 1040. The first-order valence-electron chi connectivity index (χ1n) is 9.51. The monoisotopic (exact) mass is 459 g/mol. The number of halogens is 1. The molecule has 0 saturated heterocycles. The standard InChI is InChI=1S/C22H22ClN3O4S/c1-3-29-21(27)11-18-14-31-22(25-18)26-24-12-16-6-9-19(28-2)20(10-16)30-13-15-4-7-17(23)8-5-15/h4-10,12,14H,3,11,13H2,1-2H3,(H,25,26). The van der Waals surface area contributed by atoms with Crippen molar-refractivity contribution in [2.75, 3.05) is 19.1 Å². The summed E-state index contributed by atoms with van der Waals surface area (Å²) in [6, 6.07) is 13.0. The second kappa shape index (κ2) is 11.3. The highest BCUT2D eigenvalue weighted by molar-refractivity contribution is 7.13. The summed E-state index contributed by atoms with van der Waals surface area (Å²) in [5, 5.41) is 7.27. The number of hydrogen-bond donors (Lipinski definition) is 1. The van der Waals surface area contributed by atoms with E-state index in [0.29, 0.717) is 40.6 Å². The average Bonchev–Trinajstić information content (AvgIpc) is 3.20. The van der Waals surface area contributed by atoms with E-state index in [1.807, 2.05) is 42.5 Å². The Morgan fingerprint density at radius 2 is 2.03 bits per heavy atom. The Labute approximate surface area is 189 Å². The first kappa shape index (κ1) is 22.6. The normalized spacial score (nSPS) is 10.8. The number of thiazole rings is 1. The van der Waals surface area contributed by atoms with Crippen LogP contribution in [0.2, 0.25) is 5.02 Å². The minimum absolute atomic E-state index is 0.141. The molecule has 2 aromatic carbocycles. The number of carbonyl (C=O) groups excluding carboxylic acids is 1. The molecule has 1 aromatic heterocycles. The van der Waals surface area contributed by atoms with Gasteiger partial charge < -0.3 is 14.2 Å². The third kappa shape index (κ3) is 6.97. The number of nitrogens with zero attached hydrogens (tertiary/aromatic N) is 2. The number of hydrogen-bond acceptors (Lipinski definition) is 8. The highest BCUT2D eigenvalue weighted by Gasteiger charge is 2.08. The predicted molar refractivity (Wildman–Crippen MR) is 122 cm³/mol. The SMILES string of the molecule is CCOC(=O)Cc1csc(NN=Cc2ccc(OC)c(OCc3ccc(Cl)cc3)c2)n1. The number of esters is 1. The molecule has 31 heavy (non-hydrogen) atoms. The van der Waals surface area contributed by atoms with E-state index < -0.39 is 0 Å². The lowest BCUT2D eigenvalue weighted by Gasteiger charge is -2.11. The highest BCUT2D eigenvalue weighted by atomic mass is 35.5. The fourth-order valence-corrected chi connectivity index (χ4v) is 3.37. The van der Waals surface area contributed by atoms with Crippen molar-refractivity contribution in [2.24, 2.45) is 5.10 Å². The van der Waals surface area contributed by atoms with Gasteiger partial charge >= 0.3 is 5.97 Å². The molecule has 3 aromatic rings. The van der Waals surface area contributed by atoms with Gasteiger partial charge in [0.05, 0.1) is 32.0 Å². The molecule has 1 N–H and O–H groups in total. The lowest BCUT2D eigenvalue weighted by atomic mass is 10.2. The molecule has 0 amide bonds. The zero-order valence-electron chi connectivity index (χ0n) is 17.1. The van der Waals surface area contributed by atoms with Crippen molar-refractivity contribution in [3.63, 3.8) is 0 Å². The molecule has 0 aliphatic rings. The molecule has 0 unspecified atom stereocenters. The zero-order chi connectivity index (χ0) is 22.1. The lowest BCUT2D eigenvalue weighted by Crippen LogP contribution is -2.07. The Kier molecular flexibility index (Phi) is 8.26. The molecule has 0 aliphatic carbocycles. The van der Waals surface area contributed by atoms with Gasteiger partial charge in [0.25, 0.3) is 0 Å². The second-order valence-corrected chi connectivity index (χ2v) is 7.62. The summed E-state index contributed by atoms with van der Waals surface area (Å²) in [5.74, 6) is 0.933. The van der Waals surface area contributed by atoms with Crippen molar-refractivity contribution in [3.8, 4) is 11.5 Å². The van der Waals surface area contributed by atoms with Crippen LogP contribution in [0, 0.1) is 0 Å². The van der Waals surface area contributed by atoms with E-state index in [0.717, 1.165) is 11.1 Å². The number of aromatic nitrogens is 1. The second-order valence-electron chi connectivity index (χ2n) is 6.32. The number of anilines is 1. The van der Waals surface area contributed by atoms with Gasteiger partial charge in [0.2, 0.25) is 5.13 Å². The maximum absolute atomic E-state index is 11.5. The smallest absolute Gasteiger partial charge is 0.311 e. The Morgan fingerprint density at radius 3 is 2.77 bits per heavy atom. The third-order valence-electron chi connectivity index (χ3n) is 4.05. The summed E-state index contributed by atoms with van der Waals surface area (Å²) >= 11 is 7.28. The van der Waals surface area contributed by atoms with Crippen LogP contribution in [0.5, 0.6) is 11.5 Å². The Balaban J connectivity index is 1.60. The van der Waals surface area contributed by atoms with Gasteiger partial charge in [0, 0.05) is 10.4 Å². The van der Waals surface area contributed by atoms with Crippen LogP contribution in [0.4, 0.5) is 5.13 Å². The molecule has 1 heterocycles. The van der Waals surface area contributed by atoms with Crippen LogP contribution in [0.25, 0.3) is 0 Å². The molecule has 0 bridgehead atoms. The topological polar surface area (TPSA) is 82.0 Å². The number of hydrazone groups is 1. The summed E-state index contributed by atoms with van der Waals surface area (Å²) in [5.41, 5.74) is 5.33. The molecule has 7 nitrogen and oxygen atoms in total. The summed E-state index contributed by atoms with van der Waals surface area (Å²) in [7, 11) is 1.59. The van der Waals surface area contributed by atoms with E-state index in [2.05, 4.69) is 15.5 Å². The third-order valence-corrected chi connectivity index (χ3v) is 5.10. The van der Waals surface area contributed by atoms with Gasteiger partial charge in [0.1, 0.15) is 6.61 Å². The molecule has 3 rings (SSSR count). The van der Waals surface area contributed by atoms with Crippen LogP contribution in [-0.2, 0) is 22.6 Å². The van der Waals surface area contributed by atoms with Crippen molar-refractivity contribution < 1.29 is 19.0 Å². The maximum atomic E-state index is 11.5. The van der Waals surface area contributed by atoms with E-state index >= 15 is 0 Å². The molecular formula is C22H22ClN3O4S. The lowest BCUT2D eigenvalue weighted by molar-refractivity contribution is -0.142. The number of nitrogens with one attached hydrogen (secondary N) is 1. The van der Waals surface area contributed by atoms with E-state index in [1.165, 1.54) is 11.3 Å². The van der Waals surface area contributed by atoms with E-state index in [9.17, 15) is 4.79 Å². The van der Waals surface area contributed by atoms with Crippen molar-refractivity contribution in [2.45, 2.75) is 20.0 Å². The van der Waals surface area contributed by atoms with Crippen molar-refractivity contribution in [1.82, 2.24) is 4.98 Å². The van der Waals surface area contributed by atoms with Gasteiger partial charge in [-0.15, -0.1) is 11.3 Å². The molecule has 0 aliphatic heterocycles. The van der Waals surface area contributed by atoms with Gasteiger partial charge in [-0.25, -0.2) is 4.98 Å². The van der Waals surface area contributed by atoms with E-state index in [4.69, 9.17) is 25.8 Å². The highest BCUT2D eigenvalue weighted by Crippen LogP contribution is 2.28. The fraction of sp³-hybridized carbons (Fsp3) is 0.227. The van der Waals surface area contributed by atoms with Crippen LogP contribution >= 0.6 is 22.9 Å². The minimum atomic E-state index is -0.299. The predicted octanol–water partition coefficient (Wildman–Crippen LogP) is 4.94. The molecular weight excluding hydrogens is 438 g/mol. The Morgan fingerprint density at radius 1 is 1.23 bits per heavy atom. The van der Waals surface area contributed by atoms with Crippen LogP contribution < -0.4 is 14.9 Å². The first-order valence-corrected chi connectivity index (χ1v) is 10.8. The minimum Gasteiger partial charge on any atom is -0.493 e. The van der Waals surface area contributed by atoms with E-state index in [-0.39, 0.29) is 12.4 Å². The van der Waals surface area contributed by atoms with Gasteiger partial charge in [0.15, 0.2) is 11.5 Å². The molecule has 0 atom stereocenters. The van der Waals surface area contributed by atoms with Gasteiger partial charge in [-0.05, 0) is 48.4 Å². The largest absolute Gasteiger partial charge is 0.493 e. The van der Waals surface area contributed by atoms with Crippen molar-refractivity contribution >= 4 is 40.3 Å². The van der Waals surface area contributed by atoms with Gasteiger partial charge in [-0.3, -0.25) is 10.2 Å². The van der Waals surface area contributed by atoms with Crippen LogP contribution in [-0.4, -0.2) is 30.9 Å². The summed E-state index contributed by atoms with van der Waals surface area (Å²) in [4.78, 5) is 15.8. The zero-order valence-corrected chi connectivity index (χ0v) is 18.7. The summed E-state index contributed by atoms with van der Waals surface area (Å²) in [6.45, 7) is 2.51. The molecule has 0 saturated carbocycles. The Hall–Kier alpha value is -3.10. The van der Waals surface area contributed by atoms with E-state index in [1.54, 1.807) is 25.6 Å². The first-order chi connectivity index (χ1) is 15.1. The molecule has 0 radical (unpaired) electrons. The summed E-state index contributed by atoms with van der Waals surface area (Å²) < 4.78 is 16.2. The molecule has 9 heteroatoms. The van der Waals surface area contributed by atoms with Crippen molar-refractivity contribution in [3.05, 3.63) is 69.7 Å². The molecule has 0 fully saturated rings.